The smallest absolute Gasteiger partial charge is 0.0427 e. The SMILES string of the molecule is CC(C)NCc1ccc(Cl)cc1N1CCN(C)C(C)C1. The molecule has 0 aromatic heterocycles. The molecule has 0 radical (unpaired) electrons. The molecule has 0 aliphatic carbocycles. The average molecular weight is 296 g/mol. The molecule has 1 fully saturated rings. The van der Waals surface area contributed by atoms with Crippen LogP contribution in [0, 0.1) is 0 Å². The first-order valence-electron chi connectivity index (χ1n) is 7.44. The van der Waals surface area contributed by atoms with Crippen molar-refractivity contribution in [2.24, 2.45) is 0 Å². The standard InChI is InChI=1S/C16H26ClN3/c1-12(2)18-10-14-5-6-15(17)9-16(14)20-8-7-19(4)13(3)11-20/h5-6,9,12-13,18H,7-8,10-11H2,1-4H3. The molecule has 20 heavy (non-hydrogen) atoms. The highest BCUT2D eigenvalue weighted by atomic mass is 35.5. The number of anilines is 1. The number of rotatable bonds is 4. The van der Waals surface area contributed by atoms with Crippen molar-refractivity contribution < 1.29 is 0 Å². The molecule has 1 aromatic rings. The van der Waals surface area contributed by atoms with Gasteiger partial charge >= 0.3 is 0 Å². The first kappa shape index (κ1) is 15.6. The molecule has 1 unspecified atom stereocenters. The van der Waals surface area contributed by atoms with Crippen LogP contribution in [0.1, 0.15) is 26.3 Å². The molecule has 0 spiro atoms. The molecule has 1 heterocycles. The van der Waals surface area contributed by atoms with E-state index in [1.165, 1.54) is 11.3 Å². The number of benzene rings is 1. The first-order chi connectivity index (χ1) is 9.47. The quantitative estimate of drug-likeness (QED) is 0.921. The van der Waals surface area contributed by atoms with Gasteiger partial charge < -0.3 is 15.1 Å². The average Bonchev–Trinajstić information content (AvgIpc) is 2.40. The number of likely N-dealkylation sites (N-methyl/N-ethyl adjacent to an activating group) is 1. The van der Waals surface area contributed by atoms with E-state index >= 15 is 0 Å². The van der Waals surface area contributed by atoms with Crippen LogP contribution in [-0.2, 0) is 6.54 Å². The highest BCUT2D eigenvalue weighted by Crippen LogP contribution is 2.27. The van der Waals surface area contributed by atoms with Gasteiger partial charge in [0, 0.05) is 49.0 Å². The van der Waals surface area contributed by atoms with E-state index in [2.05, 4.69) is 55.1 Å². The van der Waals surface area contributed by atoms with Gasteiger partial charge in [-0.25, -0.2) is 0 Å². The van der Waals surface area contributed by atoms with Gasteiger partial charge in [-0.05, 0) is 31.7 Å². The molecular weight excluding hydrogens is 270 g/mol. The van der Waals surface area contributed by atoms with E-state index in [0.717, 1.165) is 31.2 Å². The maximum Gasteiger partial charge on any atom is 0.0427 e. The van der Waals surface area contributed by atoms with Crippen LogP contribution in [0.15, 0.2) is 18.2 Å². The number of halogens is 1. The summed E-state index contributed by atoms with van der Waals surface area (Å²) in [5, 5.41) is 4.32. The number of nitrogens with one attached hydrogen (secondary N) is 1. The molecule has 0 amide bonds. The zero-order valence-corrected chi connectivity index (χ0v) is 13.7. The molecule has 1 aromatic carbocycles. The lowest BCUT2D eigenvalue weighted by Crippen LogP contribution is -2.50. The van der Waals surface area contributed by atoms with Gasteiger partial charge in [-0.2, -0.15) is 0 Å². The molecule has 0 saturated carbocycles. The van der Waals surface area contributed by atoms with Crippen LogP contribution in [0.2, 0.25) is 5.02 Å². The minimum atomic E-state index is 0.491. The molecular formula is C16H26ClN3. The molecule has 1 aliphatic rings. The fourth-order valence-electron chi connectivity index (χ4n) is 2.56. The highest BCUT2D eigenvalue weighted by molar-refractivity contribution is 6.30. The summed E-state index contributed by atoms with van der Waals surface area (Å²) in [6.07, 6.45) is 0. The number of piperazine rings is 1. The van der Waals surface area contributed by atoms with Crippen LogP contribution in [0.3, 0.4) is 0 Å². The van der Waals surface area contributed by atoms with Crippen LogP contribution in [-0.4, -0.2) is 43.7 Å². The molecule has 4 heteroatoms. The van der Waals surface area contributed by atoms with Gasteiger partial charge in [-0.1, -0.05) is 31.5 Å². The molecule has 1 aliphatic heterocycles. The summed E-state index contributed by atoms with van der Waals surface area (Å²) in [5.74, 6) is 0. The lowest BCUT2D eigenvalue weighted by atomic mass is 10.1. The molecule has 3 nitrogen and oxygen atoms in total. The van der Waals surface area contributed by atoms with Crippen LogP contribution in [0.5, 0.6) is 0 Å². The van der Waals surface area contributed by atoms with Crippen molar-refractivity contribution in [2.75, 3.05) is 31.6 Å². The van der Waals surface area contributed by atoms with E-state index in [0.29, 0.717) is 12.1 Å². The third kappa shape index (κ3) is 3.87. The minimum Gasteiger partial charge on any atom is -0.368 e. The number of hydrogen-bond acceptors (Lipinski definition) is 3. The second-order valence-corrected chi connectivity index (χ2v) is 6.52. The van der Waals surface area contributed by atoms with E-state index in [1.807, 2.05) is 6.07 Å². The zero-order chi connectivity index (χ0) is 14.7. The third-order valence-corrected chi connectivity index (χ3v) is 4.28. The largest absolute Gasteiger partial charge is 0.368 e. The molecule has 2 rings (SSSR count). The summed E-state index contributed by atoms with van der Waals surface area (Å²) in [5.41, 5.74) is 2.62. The fourth-order valence-corrected chi connectivity index (χ4v) is 2.73. The molecule has 0 bridgehead atoms. The van der Waals surface area contributed by atoms with Gasteiger partial charge in [0.25, 0.3) is 0 Å². The second-order valence-electron chi connectivity index (χ2n) is 6.08. The Labute approximate surface area is 127 Å². The van der Waals surface area contributed by atoms with Gasteiger partial charge in [0.05, 0.1) is 0 Å². The number of nitrogens with zero attached hydrogens (tertiary/aromatic N) is 2. The summed E-state index contributed by atoms with van der Waals surface area (Å²) in [7, 11) is 2.20. The Morgan fingerprint density at radius 1 is 1.35 bits per heavy atom. The van der Waals surface area contributed by atoms with E-state index < -0.39 is 0 Å². The van der Waals surface area contributed by atoms with Gasteiger partial charge in [0.2, 0.25) is 0 Å². The predicted molar refractivity (Wildman–Crippen MR) is 87.7 cm³/mol. The minimum absolute atomic E-state index is 0.491. The Balaban J connectivity index is 2.18. The Hall–Kier alpha value is -0.770. The normalized spacial score (nSPS) is 20.7. The van der Waals surface area contributed by atoms with E-state index in [-0.39, 0.29) is 0 Å². The fraction of sp³-hybridized carbons (Fsp3) is 0.625. The Morgan fingerprint density at radius 2 is 2.10 bits per heavy atom. The Morgan fingerprint density at radius 3 is 2.75 bits per heavy atom. The second kappa shape index (κ2) is 6.79. The first-order valence-corrected chi connectivity index (χ1v) is 7.82. The van der Waals surface area contributed by atoms with E-state index in [9.17, 15) is 0 Å². The third-order valence-electron chi connectivity index (χ3n) is 4.05. The summed E-state index contributed by atoms with van der Waals surface area (Å²) >= 11 is 6.21. The summed E-state index contributed by atoms with van der Waals surface area (Å²) in [6.45, 7) is 10.8. The molecule has 112 valence electrons. The van der Waals surface area contributed by atoms with Crippen LogP contribution < -0.4 is 10.2 Å². The number of hydrogen-bond donors (Lipinski definition) is 1. The van der Waals surface area contributed by atoms with Crippen LogP contribution in [0.4, 0.5) is 5.69 Å². The zero-order valence-electron chi connectivity index (χ0n) is 13.0. The van der Waals surface area contributed by atoms with Crippen molar-refractivity contribution in [2.45, 2.75) is 39.4 Å². The van der Waals surface area contributed by atoms with Gasteiger partial charge in [-0.3, -0.25) is 0 Å². The van der Waals surface area contributed by atoms with Crippen molar-refractivity contribution >= 4 is 17.3 Å². The van der Waals surface area contributed by atoms with Crippen molar-refractivity contribution in [1.82, 2.24) is 10.2 Å². The van der Waals surface area contributed by atoms with Gasteiger partial charge in [-0.15, -0.1) is 0 Å². The van der Waals surface area contributed by atoms with E-state index in [4.69, 9.17) is 11.6 Å². The summed E-state index contributed by atoms with van der Waals surface area (Å²) in [6, 6.07) is 7.31. The van der Waals surface area contributed by atoms with Crippen LogP contribution >= 0.6 is 11.6 Å². The predicted octanol–water partition coefficient (Wildman–Crippen LogP) is 2.98. The van der Waals surface area contributed by atoms with Gasteiger partial charge in [0.1, 0.15) is 0 Å². The summed E-state index contributed by atoms with van der Waals surface area (Å²) < 4.78 is 0. The Kier molecular flexibility index (Phi) is 5.30. The van der Waals surface area contributed by atoms with Crippen molar-refractivity contribution in [3.8, 4) is 0 Å². The lowest BCUT2D eigenvalue weighted by Gasteiger charge is -2.40. The van der Waals surface area contributed by atoms with Crippen molar-refractivity contribution in [3.05, 3.63) is 28.8 Å². The van der Waals surface area contributed by atoms with Gasteiger partial charge in [0.15, 0.2) is 0 Å². The monoisotopic (exact) mass is 295 g/mol. The highest BCUT2D eigenvalue weighted by Gasteiger charge is 2.22. The molecule has 1 saturated heterocycles. The Bertz CT molecular complexity index is 447. The van der Waals surface area contributed by atoms with E-state index in [1.54, 1.807) is 0 Å². The molecule has 1 atom stereocenters. The molecule has 1 N–H and O–H groups in total. The van der Waals surface area contributed by atoms with Crippen molar-refractivity contribution in [1.29, 1.82) is 0 Å². The lowest BCUT2D eigenvalue weighted by molar-refractivity contribution is 0.234. The summed E-state index contributed by atoms with van der Waals surface area (Å²) in [4.78, 5) is 4.88. The van der Waals surface area contributed by atoms with Crippen LogP contribution in [0.25, 0.3) is 0 Å². The maximum atomic E-state index is 6.21. The van der Waals surface area contributed by atoms with Crippen molar-refractivity contribution in [3.63, 3.8) is 0 Å². The maximum absolute atomic E-state index is 6.21. The topological polar surface area (TPSA) is 18.5 Å².